The Labute approximate surface area is 156 Å². The number of hydrogen-bond donors (Lipinski definition) is 0. The lowest BCUT2D eigenvalue weighted by molar-refractivity contribution is -0.137. The number of halogens is 3. The van der Waals surface area contributed by atoms with E-state index in [1.807, 2.05) is 17.9 Å². The molecule has 1 heterocycles. The smallest absolute Gasteiger partial charge is 0.416 e. The number of nitrogens with zero attached hydrogens (tertiary/aromatic N) is 2. The minimum atomic E-state index is -4.37. The molecular formula is C20H21F3N2O2. The van der Waals surface area contributed by atoms with Crippen LogP contribution < -0.4 is 9.64 Å². The number of alkyl halides is 3. The average Bonchev–Trinajstić information content (AvgIpc) is 2.67. The van der Waals surface area contributed by atoms with Crippen LogP contribution in [0.25, 0.3) is 0 Å². The largest absolute Gasteiger partial charge is 0.496 e. The molecule has 1 saturated heterocycles. The molecular weight excluding hydrogens is 357 g/mol. The van der Waals surface area contributed by atoms with Crippen molar-refractivity contribution in [2.45, 2.75) is 13.1 Å². The molecule has 2 aromatic carbocycles. The maximum atomic E-state index is 12.9. The van der Waals surface area contributed by atoms with Crippen LogP contribution in [0.15, 0.2) is 42.5 Å². The number of benzene rings is 2. The van der Waals surface area contributed by atoms with Crippen molar-refractivity contribution in [3.8, 4) is 5.75 Å². The summed E-state index contributed by atoms with van der Waals surface area (Å²) in [5.74, 6) is 0.394. The molecule has 144 valence electrons. The predicted octanol–water partition coefficient (Wildman–Crippen LogP) is 3.98. The van der Waals surface area contributed by atoms with Crippen molar-refractivity contribution in [2.75, 3.05) is 38.2 Å². The van der Waals surface area contributed by atoms with E-state index in [2.05, 4.69) is 0 Å². The highest BCUT2D eigenvalue weighted by Crippen LogP contribution is 2.32. The molecule has 3 rings (SSSR count). The molecule has 27 heavy (non-hydrogen) atoms. The van der Waals surface area contributed by atoms with Crippen molar-refractivity contribution in [1.29, 1.82) is 0 Å². The van der Waals surface area contributed by atoms with Gasteiger partial charge in [-0.25, -0.2) is 0 Å². The second kappa shape index (κ2) is 7.50. The van der Waals surface area contributed by atoms with Crippen molar-refractivity contribution >= 4 is 11.6 Å². The molecule has 0 aromatic heterocycles. The van der Waals surface area contributed by atoms with E-state index in [9.17, 15) is 18.0 Å². The van der Waals surface area contributed by atoms with Gasteiger partial charge in [-0.3, -0.25) is 4.79 Å². The minimum Gasteiger partial charge on any atom is -0.496 e. The van der Waals surface area contributed by atoms with E-state index in [4.69, 9.17) is 4.74 Å². The van der Waals surface area contributed by atoms with E-state index in [1.54, 1.807) is 23.1 Å². The van der Waals surface area contributed by atoms with Crippen molar-refractivity contribution in [3.05, 3.63) is 59.2 Å². The Morgan fingerprint density at radius 1 is 1.04 bits per heavy atom. The lowest BCUT2D eigenvalue weighted by Gasteiger charge is -2.36. The molecule has 0 aliphatic carbocycles. The number of amides is 1. The number of anilines is 1. The first-order valence-electron chi connectivity index (χ1n) is 8.65. The third-order valence-corrected chi connectivity index (χ3v) is 4.69. The van der Waals surface area contributed by atoms with Gasteiger partial charge in [0.2, 0.25) is 0 Å². The van der Waals surface area contributed by atoms with Gasteiger partial charge in [0, 0.05) is 31.9 Å². The Bertz CT molecular complexity index is 828. The van der Waals surface area contributed by atoms with Crippen LogP contribution in [-0.2, 0) is 6.18 Å². The molecule has 0 unspecified atom stereocenters. The van der Waals surface area contributed by atoms with Crippen LogP contribution >= 0.6 is 0 Å². The van der Waals surface area contributed by atoms with Crippen LogP contribution in [0.4, 0.5) is 18.9 Å². The molecule has 4 nitrogen and oxygen atoms in total. The van der Waals surface area contributed by atoms with E-state index in [0.717, 1.165) is 17.7 Å². The summed E-state index contributed by atoms with van der Waals surface area (Å²) in [6.45, 7) is 3.72. The Hall–Kier alpha value is -2.70. The summed E-state index contributed by atoms with van der Waals surface area (Å²) in [4.78, 5) is 16.4. The zero-order valence-corrected chi connectivity index (χ0v) is 15.2. The highest BCUT2D eigenvalue weighted by Gasteiger charge is 2.31. The quantitative estimate of drug-likeness (QED) is 0.810. The second-order valence-corrected chi connectivity index (χ2v) is 6.53. The van der Waals surface area contributed by atoms with Crippen LogP contribution in [0, 0.1) is 6.92 Å². The van der Waals surface area contributed by atoms with Gasteiger partial charge in [-0.1, -0.05) is 17.7 Å². The molecule has 1 aliphatic heterocycles. The second-order valence-electron chi connectivity index (χ2n) is 6.53. The first kappa shape index (κ1) is 19.1. The minimum absolute atomic E-state index is 0.126. The van der Waals surface area contributed by atoms with Crippen LogP contribution in [0.5, 0.6) is 5.75 Å². The SMILES string of the molecule is COc1ccc(C)cc1C(=O)N1CCN(c2cccc(C(F)(F)F)c2)CC1. The molecule has 2 aromatic rings. The van der Waals surface area contributed by atoms with Crippen molar-refractivity contribution in [3.63, 3.8) is 0 Å². The molecule has 1 fully saturated rings. The first-order valence-corrected chi connectivity index (χ1v) is 8.65. The molecule has 1 amide bonds. The lowest BCUT2D eigenvalue weighted by Crippen LogP contribution is -2.48. The van der Waals surface area contributed by atoms with Gasteiger partial charge in [0.15, 0.2) is 0 Å². The Kier molecular flexibility index (Phi) is 5.30. The summed E-state index contributed by atoms with van der Waals surface area (Å²) in [5, 5.41) is 0. The number of ether oxygens (including phenoxy) is 1. The molecule has 1 aliphatic rings. The summed E-state index contributed by atoms with van der Waals surface area (Å²) in [7, 11) is 1.52. The van der Waals surface area contributed by atoms with Crippen LogP contribution in [-0.4, -0.2) is 44.1 Å². The molecule has 7 heteroatoms. The van der Waals surface area contributed by atoms with Crippen molar-refractivity contribution in [2.24, 2.45) is 0 Å². The van der Waals surface area contributed by atoms with Crippen LogP contribution in [0.1, 0.15) is 21.5 Å². The number of methoxy groups -OCH3 is 1. The van der Waals surface area contributed by atoms with Crippen molar-refractivity contribution in [1.82, 2.24) is 4.90 Å². The van der Waals surface area contributed by atoms with Gasteiger partial charge in [-0.15, -0.1) is 0 Å². The Balaban J connectivity index is 1.71. The van der Waals surface area contributed by atoms with Gasteiger partial charge in [-0.05, 0) is 37.3 Å². The summed E-state index contributed by atoms with van der Waals surface area (Å²) >= 11 is 0. The summed E-state index contributed by atoms with van der Waals surface area (Å²) in [5.41, 5.74) is 1.32. The third-order valence-electron chi connectivity index (χ3n) is 4.69. The normalized spacial score (nSPS) is 15.0. The Morgan fingerprint density at radius 2 is 1.74 bits per heavy atom. The molecule has 0 radical (unpaired) electrons. The van der Waals surface area contributed by atoms with Gasteiger partial charge >= 0.3 is 6.18 Å². The van der Waals surface area contributed by atoms with Gasteiger partial charge in [0.1, 0.15) is 5.75 Å². The topological polar surface area (TPSA) is 32.8 Å². The van der Waals surface area contributed by atoms with Gasteiger partial charge in [0.05, 0.1) is 18.2 Å². The number of carbonyl (C=O) groups excluding carboxylic acids is 1. The summed E-state index contributed by atoms with van der Waals surface area (Å²) in [6, 6.07) is 10.7. The number of hydrogen-bond acceptors (Lipinski definition) is 3. The Morgan fingerprint density at radius 3 is 2.37 bits per heavy atom. The highest BCUT2D eigenvalue weighted by molar-refractivity contribution is 5.97. The van der Waals surface area contributed by atoms with E-state index in [1.165, 1.54) is 13.2 Å². The zero-order chi connectivity index (χ0) is 19.6. The maximum absolute atomic E-state index is 12.9. The third kappa shape index (κ3) is 4.18. The van der Waals surface area contributed by atoms with Gasteiger partial charge in [0.25, 0.3) is 5.91 Å². The summed E-state index contributed by atoms with van der Waals surface area (Å²) < 4.78 is 44.0. The highest BCUT2D eigenvalue weighted by atomic mass is 19.4. The fraction of sp³-hybridized carbons (Fsp3) is 0.350. The number of aryl methyl sites for hydroxylation is 1. The fourth-order valence-electron chi connectivity index (χ4n) is 3.21. The average molecular weight is 378 g/mol. The molecule has 0 spiro atoms. The van der Waals surface area contributed by atoms with Crippen LogP contribution in [0.3, 0.4) is 0 Å². The number of rotatable bonds is 3. The number of piperazine rings is 1. The lowest BCUT2D eigenvalue weighted by atomic mass is 10.1. The van der Waals surface area contributed by atoms with Crippen LogP contribution in [0.2, 0.25) is 0 Å². The van der Waals surface area contributed by atoms with Gasteiger partial charge < -0.3 is 14.5 Å². The molecule has 0 bridgehead atoms. The predicted molar refractivity (Wildman–Crippen MR) is 97.3 cm³/mol. The summed E-state index contributed by atoms with van der Waals surface area (Å²) in [6.07, 6.45) is -4.37. The zero-order valence-electron chi connectivity index (χ0n) is 15.2. The van der Waals surface area contributed by atoms with Gasteiger partial charge in [-0.2, -0.15) is 13.2 Å². The van der Waals surface area contributed by atoms with E-state index < -0.39 is 11.7 Å². The van der Waals surface area contributed by atoms with E-state index in [0.29, 0.717) is 43.2 Å². The molecule has 0 atom stereocenters. The molecule has 0 saturated carbocycles. The maximum Gasteiger partial charge on any atom is 0.416 e. The van der Waals surface area contributed by atoms with Crippen molar-refractivity contribution < 1.29 is 22.7 Å². The van der Waals surface area contributed by atoms with E-state index >= 15 is 0 Å². The fourth-order valence-corrected chi connectivity index (χ4v) is 3.21. The van der Waals surface area contributed by atoms with E-state index in [-0.39, 0.29) is 5.91 Å². The monoisotopic (exact) mass is 378 g/mol. The number of carbonyl (C=O) groups is 1. The molecule has 0 N–H and O–H groups in total. The standard InChI is InChI=1S/C20H21F3N2O2/c1-14-6-7-18(27-2)17(12-14)19(26)25-10-8-24(9-11-25)16-5-3-4-15(13-16)20(21,22)23/h3-7,12-13H,8-11H2,1-2H3. The first-order chi connectivity index (χ1) is 12.8.